The summed E-state index contributed by atoms with van der Waals surface area (Å²) in [6.45, 7) is 7.21. The number of hydrogen-bond acceptors (Lipinski definition) is 3. The Morgan fingerprint density at radius 1 is 1.11 bits per heavy atom. The molecule has 0 unspecified atom stereocenters. The van der Waals surface area contributed by atoms with E-state index in [9.17, 15) is 8.42 Å². The second kappa shape index (κ2) is 10.7. The topological polar surface area (TPSA) is 73.8 Å². The molecule has 0 radical (unpaired) electrons. The molecule has 0 bridgehead atoms. The van der Waals surface area contributed by atoms with Gasteiger partial charge in [0.1, 0.15) is 0 Å². The molecule has 27 heavy (non-hydrogen) atoms. The van der Waals surface area contributed by atoms with Crippen molar-refractivity contribution in [2.45, 2.75) is 57.4 Å². The third-order valence-corrected chi connectivity index (χ3v) is 6.72. The summed E-state index contributed by atoms with van der Waals surface area (Å²) in [5.41, 5.74) is 1.03. The van der Waals surface area contributed by atoms with Crippen molar-refractivity contribution >= 4 is 16.0 Å². The maximum atomic E-state index is 12.7. The van der Waals surface area contributed by atoms with E-state index in [0.29, 0.717) is 30.4 Å². The molecule has 0 spiro atoms. The van der Waals surface area contributed by atoms with E-state index in [4.69, 9.17) is 0 Å². The first-order valence-electron chi connectivity index (χ1n) is 9.97. The summed E-state index contributed by atoms with van der Waals surface area (Å²) in [6.07, 6.45) is 5.32. The molecule has 152 valence electrons. The van der Waals surface area contributed by atoms with E-state index in [2.05, 4.69) is 29.5 Å². The molecular weight excluding hydrogens is 360 g/mol. The van der Waals surface area contributed by atoms with Crippen molar-refractivity contribution in [3.8, 4) is 0 Å². The van der Waals surface area contributed by atoms with Gasteiger partial charge in [0.15, 0.2) is 5.96 Å². The summed E-state index contributed by atoms with van der Waals surface area (Å²) in [6, 6.07) is 7.16. The molecule has 1 heterocycles. The summed E-state index contributed by atoms with van der Waals surface area (Å²) in [5.74, 6) is 1.48. The zero-order chi connectivity index (χ0) is 19.7. The van der Waals surface area contributed by atoms with Gasteiger partial charge in [-0.15, -0.1) is 0 Å². The number of hydrogen-bond donors (Lipinski definition) is 2. The van der Waals surface area contributed by atoms with Crippen molar-refractivity contribution in [1.82, 2.24) is 14.9 Å². The van der Waals surface area contributed by atoms with Gasteiger partial charge in [0, 0.05) is 33.2 Å². The monoisotopic (exact) mass is 394 g/mol. The average Bonchev–Trinajstić information content (AvgIpc) is 2.68. The van der Waals surface area contributed by atoms with E-state index in [-0.39, 0.29) is 0 Å². The van der Waals surface area contributed by atoms with Gasteiger partial charge in [0.05, 0.1) is 4.90 Å². The van der Waals surface area contributed by atoms with Gasteiger partial charge >= 0.3 is 0 Å². The zero-order valence-corrected chi connectivity index (χ0v) is 17.7. The van der Waals surface area contributed by atoms with Crippen LogP contribution in [0, 0.1) is 5.92 Å². The molecule has 1 aromatic rings. The van der Waals surface area contributed by atoms with Gasteiger partial charge in [-0.05, 0) is 49.3 Å². The Bertz CT molecular complexity index is 693. The van der Waals surface area contributed by atoms with E-state index in [1.165, 1.54) is 6.42 Å². The summed E-state index contributed by atoms with van der Waals surface area (Å²) in [7, 11) is -1.60. The van der Waals surface area contributed by atoms with E-state index < -0.39 is 10.0 Å². The number of piperidine rings is 1. The lowest BCUT2D eigenvalue weighted by atomic mass is 10.1. The van der Waals surface area contributed by atoms with Gasteiger partial charge in [0.2, 0.25) is 10.0 Å². The Hall–Kier alpha value is -1.60. The number of aliphatic imine (C=N–C) groups is 1. The van der Waals surface area contributed by atoms with Crippen molar-refractivity contribution < 1.29 is 8.42 Å². The molecule has 2 rings (SSSR count). The van der Waals surface area contributed by atoms with Crippen LogP contribution < -0.4 is 10.6 Å². The summed E-state index contributed by atoms with van der Waals surface area (Å²) in [4.78, 5) is 4.61. The van der Waals surface area contributed by atoms with Gasteiger partial charge in [-0.25, -0.2) is 8.42 Å². The Morgan fingerprint density at radius 3 is 2.37 bits per heavy atom. The minimum Gasteiger partial charge on any atom is -0.356 e. The van der Waals surface area contributed by atoms with Crippen LogP contribution in [0.1, 0.15) is 51.5 Å². The second-order valence-corrected chi connectivity index (χ2v) is 9.44. The first-order valence-corrected chi connectivity index (χ1v) is 11.4. The second-order valence-electron chi connectivity index (χ2n) is 7.50. The van der Waals surface area contributed by atoms with Gasteiger partial charge < -0.3 is 10.6 Å². The minimum absolute atomic E-state index is 0.379. The maximum absolute atomic E-state index is 12.7. The van der Waals surface area contributed by atoms with E-state index >= 15 is 0 Å². The molecular formula is C20H34N4O2S. The number of nitrogens with zero attached hydrogens (tertiary/aromatic N) is 2. The fourth-order valence-corrected chi connectivity index (χ4v) is 4.67. The van der Waals surface area contributed by atoms with Crippen LogP contribution >= 0.6 is 0 Å². The molecule has 1 aromatic carbocycles. The fourth-order valence-electron chi connectivity index (χ4n) is 3.16. The molecule has 2 N–H and O–H groups in total. The average molecular weight is 395 g/mol. The summed E-state index contributed by atoms with van der Waals surface area (Å²) < 4.78 is 27.0. The summed E-state index contributed by atoms with van der Waals surface area (Å²) >= 11 is 0. The van der Waals surface area contributed by atoms with Crippen molar-refractivity contribution in [2.24, 2.45) is 10.9 Å². The predicted octanol–water partition coefficient (Wildman–Crippen LogP) is 2.96. The molecule has 7 heteroatoms. The van der Waals surface area contributed by atoms with Crippen LogP contribution in [0.15, 0.2) is 34.2 Å². The number of guanidine groups is 1. The largest absolute Gasteiger partial charge is 0.356 e. The molecule has 1 aliphatic heterocycles. The highest BCUT2D eigenvalue weighted by atomic mass is 32.2. The minimum atomic E-state index is -3.36. The first kappa shape index (κ1) is 21.7. The molecule has 0 atom stereocenters. The van der Waals surface area contributed by atoms with Crippen LogP contribution in [0.3, 0.4) is 0 Å². The van der Waals surface area contributed by atoms with Crippen LogP contribution in [-0.4, -0.2) is 45.4 Å². The van der Waals surface area contributed by atoms with E-state index in [0.717, 1.165) is 43.8 Å². The highest BCUT2D eigenvalue weighted by Gasteiger charge is 2.25. The molecule has 0 amide bonds. The number of benzene rings is 1. The van der Waals surface area contributed by atoms with Crippen molar-refractivity contribution in [2.75, 3.05) is 26.7 Å². The Labute approximate surface area is 164 Å². The van der Waals surface area contributed by atoms with Crippen molar-refractivity contribution in [3.05, 3.63) is 29.8 Å². The van der Waals surface area contributed by atoms with Gasteiger partial charge in [-0.2, -0.15) is 4.31 Å². The standard InChI is InChI=1S/C20H34N4O2S/c1-17(2)8-7-13-22-20(21-3)23-16-18-9-11-19(12-10-18)27(25,26)24-14-5-4-6-15-24/h9-12,17H,4-8,13-16H2,1-3H3,(H2,21,22,23). The third-order valence-electron chi connectivity index (χ3n) is 4.81. The lowest BCUT2D eigenvalue weighted by Gasteiger charge is -2.25. The first-order chi connectivity index (χ1) is 12.9. The van der Waals surface area contributed by atoms with Gasteiger partial charge in [-0.3, -0.25) is 4.99 Å². The molecule has 1 saturated heterocycles. The normalized spacial score (nSPS) is 16.5. The molecule has 0 aliphatic carbocycles. The smallest absolute Gasteiger partial charge is 0.243 e. The third kappa shape index (κ3) is 6.81. The Kier molecular flexibility index (Phi) is 8.57. The predicted molar refractivity (Wildman–Crippen MR) is 111 cm³/mol. The fraction of sp³-hybridized carbons (Fsp3) is 0.650. The van der Waals surface area contributed by atoms with Gasteiger partial charge in [-0.1, -0.05) is 32.4 Å². The number of sulfonamides is 1. The zero-order valence-electron chi connectivity index (χ0n) is 16.9. The van der Waals surface area contributed by atoms with Crippen LogP contribution in [-0.2, 0) is 16.6 Å². The molecule has 1 aliphatic rings. The lowest BCUT2D eigenvalue weighted by molar-refractivity contribution is 0.346. The SMILES string of the molecule is CN=C(NCCCC(C)C)NCc1ccc(S(=O)(=O)N2CCCCC2)cc1. The van der Waals surface area contributed by atoms with Crippen LogP contribution in [0.25, 0.3) is 0 Å². The van der Waals surface area contributed by atoms with Crippen molar-refractivity contribution in [3.63, 3.8) is 0 Å². The van der Waals surface area contributed by atoms with Crippen LogP contribution in [0.2, 0.25) is 0 Å². The number of nitrogens with one attached hydrogen (secondary N) is 2. The molecule has 0 saturated carbocycles. The molecule has 0 aromatic heterocycles. The maximum Gasteiger partial charge on any atom is 0.243 e. The highest BCUT2D eigenvalue weighted by Crippen LogP contribution is 2.20. The van der Waals surface area contributed by atoms with Crippen molar-refractivity contribution in [1.29, 1.82) is 0 Å². The summed E-state index contributed by atoms with van der Waals surface area (Å²) in [5, 5.41) is 6.58. The van der Waals surface area contributed by atoms with E-state index in [1.54, 1.807) is 23.5 Å². The van der Waals surface area contributed by atoms with E-state index in [1.807, 2.05) is 12.1 Å². The Balaban J connectivity index is 1.85. The molecule has 1 fully saturated rings. The van der Waals surface area contributed by atoms with Gasteiger partial charge in [0.25, 0.3) is 0 Å². The van der Waals surface area contributed by atoms with Crippen LogP contribution in [0.4, 0.5) is 0 Å². The highest BCUT2D eigenvalue weighted by molar-refractivity contribution is 7.89. The number of rotatable bonds is 8. The van der Waals surface area contributed by atoms with Crippen LogP contribution in [0.5, 0.6) is 0 Å². The molecule has 6 nitrogen and oxygen atoms in total. The Morgan fingerprint density at radius 2 is 1.78 bits per heavy atom. The lowest BCUT2D eigenvalue weighted by Crippen LogP contribution is -2.37. The quantitative estimate of drug-likeness (QED) is 0.404.